The minimum Gasteiger partial charge on any atom is -0.423 e. The Morgan fingerprint density at radius 3 is 0.835 bits per heavy atom. The molecule has 0 aliphatic heterocycles. The second-order valence-corrected chi connectivity index (χ2v) is 33.9. The van der Waals surface area contributed by atoms with Gasteiger partial charge in [-0.2, -0.15) is 0 Å². The average molecular weight is 1650 g/mol. The van der Waals surface area contributed by atoms with Crippen LogP contribution < -0.4 is 0 Å². The highest BCUT2D eigenvalue weighted by Gasteiger charge is 2.61. The van der Waals surface area contributed by atoms with Crippen molar-refractivity contribution in [3.05, 3.63) is 251 Å². The van der Waals surface area contributed by atoms with Crippen molar-refractivity contribution in [1.29, 1.82) is 0 Å². The molecule has 24 heteroatoms. The topological polar surface area (TPSA) is 244 Å². The predicted octanol–water partition coefficient (Wildman–Crippen LogP) is 23.4. The summed E-state index contributed by atoms with van der Waals surface area (Å²) in [6, 6.07) is 63.0. The molecule has 1 unspecified atom stereocenters. The monoisotopic (exact) mass is 1650 g/mol. The van der Waals surface area contributed by atoms with E-state index in [9.17, 15) is 14.5 Å². The van der Waals surface area contributed by atoms with Crippen molar-refractivity contribution in [3.8, 4) is 0 Å². The van der Waals surface area contributed by atoms with Crippen molar-refractivity contribution in [1.82, 2.24) is 0 Å². The third-order valence-corrected chi connectivity index (χ3v) is 23.5. The van der Waals surface area contributed by atoms with Crippen LogP contribution in [-0.4, -0.2) is 79.9 Å². The van der Waals surface area contributed by atoms with Gasteiger partial charge in [-0.25, -0.2) is 13.7 Å². The van der Waals surface area contributed by atoms with Gasteiger partial charge in [0.1, 0.15) is 56.8 Å². The lowest BCUT2D eigenvalue weighted by molar-refractivity contribution is -0.275. The molecule has 0 heterocycles. The average Bonchev–Trinajstić information content (AvgIpc) is 0.747. The van der Waals surface area contributed by atoms with Gasteiger partial charge in [0, 0.05) is 12.8 Å². The second kappa shape index (κ2) is 56.1. The Balaban J connectivity index is 1.17. The van der Waals surface area contributed by atoms with Crippen LogP contribution in [0.5, 0.6) is 0 Å². The Labute approximate surface area is 683 Å². The number of hydrogen-bond acceptors (Lipinski definition) is 20. The molecule has 21 nitrogen and oxygen atoms in total. The Hall–Kier alpha value is -6.39. The molecule has 1 N–H and O–H groups in total. The molecule has 0 bridgehead atoms. The number of carbonyl (C=O) groups excluding carboxylic acids is 2. The molecule has 630 valence electrons. The van der Waals surface area contributed by atoms with E-state index in [2.05, 4.69) is 13.8 Å². The van der Waals surface area contributed by atoms with E-state index < -0.39 is 98.5 Å². The molecule has 0 amide bonds. The minimum absolute atomic E-state index is 0.00321. The number of esters is 2. The van der Waals surface area contributed by atoms with Gasteiger partial charge in [0.05, 0.1) is 46.2 Å². The number of phosphoric ester groups is 3. The zero-order valence-corrected chi connectivity index (χ0v) is 70.3. The summed E-state index contributed by atoms with van der Waals surface area (Å²) in [5.41, 5.74) is 4.37. The van der Waals surface area contributed by atoms with Gasteiger partial charge >= 0.3 is 35.4 Å². The molecular formula is C91H125O21P3. The maximum Gasteiger partial charge on any atom is 0.475 e. The number of hydrogen-bond donors (Lipinski definition) is 1. The van der Waals surface area contributed by atoms with Gasteiger partial charge in [-0.3, -0.25) is 45.8 Å². The number of benzene rings is 7. The highest BCUT2D eigenvalue weighted by atomic mass is 31.2. The summed E-state index contributed by atoms with van der Waals surface area (Å²) in [6.07, 6.45) is 15.2. The van der Waals surface area contributed by atoms with Crippen molar-refractivity contribution < 1.29 is 97.5 Å². The standard InChI is InChI=1S/C91H125O21P3/c1-3-5-7-9-11-13-15-17-19-21-23-25-48-64-83(92)108-85(109-84(93)65-49-26-24-22-20-18-16-14-12-10-8-6-4-2)73-103-113(94,95)110-89-87(101-74-98-66-76-50-34-27-35-51-76)86(100-68-78-54-38-29-39-55-78)90(111-114(96,104-69-79-56-40-30-41-57-79)105-70-80-58-42-31-43-59-80)91(88(89)102-75-99-67-77-52-36-28-37-53-77)112-115(97,106-71-81-60-44-32-45-61-81)107-72-82-62-46-33-47-63-82/h27-47,50-63,85-91H,3-26,48-49,64-75H2,1-2H3,(H,94,95)/t86-,87+,88-,89+,90+,91+/m0/s1. The van der Waals surface area contributed by atoms with Crippen molar-refractivity contribution in [2.75, 3.05) is 20.2 Å². The number of ether oxygens (including phenoxy) is 7. The van der Waals surface area contributed by atoms with Crippen LogP contribution >= 0.6 is 23.5 Å². The van der Waals surface area contributed by atoms with Crippen molar-refractivity contribution in [3.63, 3.8) is 0 Å². The van der Waals surface area contributed by atoms with Gasteiger partial charge in [-0.1, -0.05) is 380 Å². The van der Waals surface area contributed by atoms with Crippen LogP contribution in [0.1, 0.15) is 233 Å². The van der Waals surface area contributed by atoms with Crippen LogP contribution in [-0.2, 0) is 139 Å². The first-order chi connectivity index (χ1) is 56.3. The summed E-state index contributed by atoms with van der Waals surface area (Å²) >= 11 is 0. The summed E-state index contributed by atoms with van der Waals surface area (Å²) in [5, 5.41) is 0. The molecule has 0 radical (unpaired) electrons. The quantitative estimate of drug-likeness (QED) is 0.0161. The van der Waals surface area contributed by atoms with Crippen LogP contribution in [0.15, 0.2) is 212 Å². The van der Waals surface area contributed by atoms with Gasteiger partial charge < -0.3 is 38.1 Å². The summed E-state index contributed by atoms with van der Waals surface area (Å²) in [4.78, 5) is 40.5. The third-order valence-electron chi connectivity index (χ3n) is 19.7. The first-order valence-corrected chi connectivity index (χ1v) is 46.2. The third kappa shape index (κ3) is 38.9. The van der Waals surface area contributed by atoms with Crippen molar-refractivity contribution in [2.24, 2.45) is 0 Å². The van der Waals surface area contributed by atoms with Crippen LogP contribution in [0.4, 0.5) is 0 Å². The van der Waals surface area contributed by atoms with Crippen molar-refractivity contribution >= 4 is 35.4 Å². The van der Waals surface area contributed by atoms with Crippen LogP contribution in [0.25, 0.3) is 0 Å². The molecule has 1 aliphatic carbocycles. The smallest absolute Gasteiger partial charge is 0.423 e. The molecule has 7 atom stereocenters. The summed E-state index contributed by atoms with van der Waals surface area (Å²) < 4.78 is 145. The van der Waals surface area contributed by atoms with E-state index in [-0.39, 0.29) is 59.1 Å². The van der Waals surface area contributed by atoms with Gasteiger partial charge in [0.2, 0.25) is 0 Å². The summed E-state index contributed by atoms with van der Waals surface area (Å²) in [7, 11) is -15.9. The number of phosphoric acid groups is 3. The fraction of sp³-hybridized carbons (Fsp3) is 0.516. The normalized spacial score (nSPS) is 17.0. The predicted molar refractivity (Wildman–Crippen MR) is 444 cm³/mol. The molecule has 8 rings (SSSR count). The number of rotatable bonds is 64. The van der Waals surface area contributed by atoms with Crippen LogP contribution in [0, 0.1) is 0 Å². The fourth-order valence-electron chi connectivity index (χ4n) is 13.4. The van der Waals surface area contributed by atoms with E-state index in [1.807, 2.05) is 91.0 Å². The second-order valence-electron chi connectivity index (χ2n) is 29.2. The largest absolute Gasteiger partial charge is 0.475 e. The highest BCUT2D eigenvalue weighted by molar-refractivity contribution is 7.49. The lowest BCUT2D eigenvalue weighted by atomic mass is 9.84. The van der Waals surface area contributed by atoms with Crippen LogP contribution in [0.3, 0.4) is 0 Å². The van der Waals surface area contributed by atoms with Crippen LogP contribution in [0.2, 0.25) is 0 Å². The van der Waals surface area contributed by atoms with E-state index in [0.717, 1.165) is 75.3 Å². The van der Waals surface area contributed by atoms with Gasteiger partial charge in [0.15, 0.2) is 0 Å². The van der Waals surface area contributed by atoms with E-state index in [1.54, 1.807) is 121 Å². The Morgan fingerprint density at radius 1 is 0.296 bits per heavy atom. The van der Waals surface area contributed by atoms with E-state index in [1.165, 1.54) is 89.9 Å². The zero-order valence-electron chi connectivity index (χ0n) is 67.6. The molecule has 1 saturated carbocycles. The van der Waals surface area contributed by atoms with E-state index >= 15 is 13.7 Å². The molecule has 0 aromatic heterocycles. The fourth-order valence-corrected chi connectivity index (χ4v) is 17.0. The number of unbranched alkanes of at least 4 members (excludes halogenated alkanes) is 24. The molecular weight excluding hydrogens is 1520 g/mol. The van der Waals surface area contributed by atoms with E-state index in [0.29, 0.717) is 40.7 Å². The highest BCUT2D eigenvalue weighted by Crippen LogP contribution is 2.60. The number of carbonyl (C=O) groups is 2. The summed E-state index contributed by atoms with van der Waals surface area (Å²) in [5.74, 6) is -1.43. The summed E-state index contributed by atoms with van der Waals surface area (Å²) in [6.45, 7) is 0.536. The lowest BCUT2D eigenvalue weighted by Gasteiger charge is -2.49. The Morgan fingerprint density at radius 2 is 0.539 bits per heavy atom. The molecule has 115 heavy (non-hydrogen) atoms. The first kappa shape index (κ1) is 94.1. The molecule has 7 aromatic carbocycles. The maximum absolute atomic E-state index is 16.4. The Kier molecular flexibility index (Phi) is 45.9. The van der Waals surface area contributed by atoms with Gasteiger partial charge in [-0.15, -0.1) is 0 Å². The molecule has 0 saturated heterocycles. The molecule has 0 spiro atoms. The maximum atomic E-state index is 16.4. The van der Waals surface area contributed by atoms with Gasteiger partial charge in [0.25, 0.3) is 6.29 Å². The molecule has 1 aliphatic rings. The SMILES string of the molecule is CCCCCCCCCCCCCCCC(=O)OC(COP(=O)(O)O[C@@H]1[C@H](OCOCc2ccccc2)[C@H](OCc2ccccc2)[C@@H](OP(=O)(OCc2ccccc2)OCc2ccccc2)[C@H](OP(=O)(OCc2ccccc2)OCc2ccccc2)[C@H]1OCOCc1ccccc1)OC(=O)CCCCCCCCCCCCCCC. The first-order valence-electron chi connectivity index (χ1n) is 41.8. The minimum atomic E-state index is -5.70. The van der Waals surface area contributed by atoms with Gasteiger partial charge in [-0.05, 0) is 51.8 Å². The zero-order chi connectivity index (χ0) is 81.0. The molecule has 1 fully saturated rings. The lowest BCUT2D eigenvalue weighted by Crippen LogP contribution is -2.67. The Bertz CT molecular complexity index is 3660. The van der Waals surface area contributed by atoms with E-state index in [4.69, 9.17) is 69.3 Å². The van der Waals surface area contributed by atoms with Crippen molar-refractivity contribution in [2.45, 2.75) is 283 Å². The molecule has 7 aromatic rings.